The summed E-state index contributed by atoms with van der Waals surface area (Å²) in [6.45, 7) is 1.88. The van der Waals surface area contributed by atoms with Crippen LogP contribution in [0.5, 0.6) is 0 Å². The summed E-state index contributed by atoms with van der Waals surface area (Å²) in [4.78, 5) is 20.5. The molecule has 0 saturated heterocycles. The molecule has 0 aromatic carbocycles. The monoisotopic (exact) mass is 286 g/mol. The van der Waals surface area contributed by atoms with Gasteiger partial charge in [-0.3, -0.25) is 4.79 Å². The number of rotatable bonds is 2. The van der Waals surface area contributed by atoms with Gasteiger partial charge in [-0.1, -0.05) is 17.7 Å². The molecule has 0 spiro atoms. The predicted octanol–water partition coefficient (Wildman–Crippen LogP) is 2.94. The van der Waals surface area contributed by atoms with Gasteiger partial charge in [-0.05, 0) is 30.7 Å². The molecule has 3 heterocycles. The lowest BCUT2D eigenvalue weighted by molar-refractivity contribution is 0.102. The number of aromatic nitrogens is 3. The molecule has 100 valence electrons. The van der Waals surface area contributed by atoms with E-state index in [1.807, 2.05) is 19.1 Å². The van der Waals surface area contributed by atoms with Crippen LogP contribution in [0.1, 0.15) is 16.1 Å². The first-order valence-electron chi connectivity index (χ1n) is 6.01. The number of hydrogen-bond donors (Lipinski definition) is 1. The molecule has 20 heavy (non-hydrogen) atoms. The molecule has 0 saturated carbocycles. The first kappa shape index (κ1) is 12.6. The number of imidazole rings is 1. The molecule has 0 fully saturated rings. The maximum absolute atomic E-state index is 12.2. The molecule has 3 aromatic heterocycles. The van der Waals surface area contributed by atoms with E-state index in [0.29, 0.717) is 22.2 Å². The maximum Gasteiger partial charge on any atom is 0.277 e. The third kappa shape index (κ3) is 2.35. The van der Waals surface area contributed by atoms with Crippen molar-refractivity contribution in [3.05, 3.63) is 59.1 Å². The quantitative estimate of drug-likeness (QED) is 0.788. The third-order valence-corrected chi connectivity index (χ3v) is 3.11. The van der Waals surface area contributed by atoms with E-state index < -0.39 is 0 Å². The molecule has 3 aromatic rings. The number of aryl methyl sites for hydroxylation is 1. The van der Waals surface area contributed by atoms with E-state index in [2.05, 4.69) is 15.3 Å². The minimum absolute atomic E-state index is 0.299. The summed E-state index contributed by atoms with van der Waals surface area (Å²) < 4.78 is 1.71. The van der Waals surface area contributed by atoms with Crippen LogP contribution >= 0.6 is 11.6 Å². The highest BCUT2D eigenvalue weighted by atomic mass is 35.5. The van der Waals surface area contributed by atoms with E-state index in [1.165, 1.54) is 0 Å². The van der Waals surface area contributed by atoms with Crippen molar-refractivity contribution in [3.63, 3.8) is 0 Å². The van der Waals surface area contributed by atoms with E-state index >= 15 is 0 Å². The number of carbonyl (C=O) groups excluding carboxylic acids is 1. The van der Waals surface area contributed by atoms with Crippen molar-refractivity contribution < 1.29 is 4.79 Å². The lowest BCUT2D eigenvalue weighted by atomic mass is 10.3. The van der Waals surface area contributed by atoms with Gasteiger partial charge < -0.3 is 9.72 Å². The zero-order valence-electron chi connectivity index (χ0n) is 10.7. The fraction of sp³-hybridized carbons (Fsp3) is 0.0714. The topological polar surface area (TPSA) is 59.3 Å². The van der Waals surface area contributed by atoms with Gasteiger partial charge in [0.1, 0.15) is 17.2 Å². The summed E-state index contributed by atoms with van der Waals surface area (Å²) in [6.07, 6.45) is 4.97. The molecule has 0 unspecified atom stereocenters. The highest BCUT2D eigenvalue weighted by Gasteiger charge is 2.12. The van der Waals surface area contributed by atoms with E-state index in [4.69, 9.17) is 11.6 Å². The number of halogens is 1. The Morgan fingerprint density at radius 1 is 1.30 bits per heavy atom. The summed E-state index contributed by atoms with van der Waals surface area (Å²) in [5, 5.41) is 3.33. The zero-order valence-corrected chi connectivity index (χ0v) is 11.4. The second kappa shape index (κ2) is 4.94. The Labute approximate surface area is 120 Å². The minimum Gasteiger partial charge on any atom is -0.305 e. The Hall–Kier alpha value is -2.40. The van der Waals surface area contributed by atoms with E-state index in [1.54, 1.807) is 35.1 Å². The first-order valence-corrected chi connectivity index (χ1v) is 6.38. The number of nitrogens with zero attached hydrogens (tertiary/aromatic N) is 3. The van der Waals surface area contributed by atoms with Gasteiger partial charge >= 0.3 is 0 Å². The Morgan fingerprint density at radius 2 is 2.15 bits per heavy atom. The van der Waals surface area contributed by atoms with Gasteiger partial charge in [0, 0.05) is 18.6 Å². The predicted molar refractivity (Wildman–Crippen MR) is 77.1 cm³/mol. The third-order valence-electron chi connectivity index (χ3n) is 2.89. The van der Waals surface area contributed by atoms with Gasteiger partial charge in [0.05, 0.1) is 5.02 Å². The molecule has 0 bridgehead atoms. The molecule has 0 aliphatic heterocycles. The second-order valence-electron chi connectivity index (χ2n) is 4.36. The lowest BCUT2D eigenvalue weighted by Crippen LogP contribution is -2.14. The molecular formula is C14H11ClN4O. The molecule has 0 aliphatic carbocycles. The van der Waals surface area contributed by atoms with Crippen LogP contribution in [0.25, 0.3) is 5.65 Å². The molecular weight excluding hydrogens is 276 g/mol. The van der Waals surface area contributed by atoms with Crippen molar-refractivity contribution >= 4 is 29.0 Å². The maximum atomic E-state index is 12.2. The van der Waals surface area contributed by atoms with Crippen LogP contribution in [0.3, 0.4) is 0 Å². The van der Waals surface area contributed by atoms with Crippen molar-refractivity contribution in [2.45, 2.75) is 6.92 Å². The second-order valence-corrected chi connectivity index (χ2v) is 4.80. The summed E-state index contributed by atoms with van der Waals surface area (Å²) in [5.41, 5.74) is 1.88. The smallest absolute Gasteiger partial charge is 0.277 e. The van der Waals surface area contributed by atoms with Crippen molar-refractivity contribution in [1.29, 1.82) is 0 Å². The fourth-order valence-electron chi connectivity index (χ4n) is 1.86. The molecule has 0 atom stereocenters. The van der Waals surface area contributed by atoms with E-state index in [-0.39, 0.29) is 5.91 Å². The molecule has 1 N–H and O–H groups in total. The van der Waals surface area contributed by atoms with Crippen LogP contribution in [0.4, 0.5) is 5.82 Å². The SMILES string of the molecule is Cc1cccnc1NC(=O)c1cn2cc(Cl)ccc2n1. The number of anilines is 1. The van der Waals surface area contributed by atoms with Gasteiger partial charge in [-0.25, -0.2) is 9.97 Å². The van der Waals surface area contributed by atoms with Crippen LogP contribution in [0, 0.1) is 6.92 Å². The fourth-order valence-corrected chi connectivity index (χ4v) is 2.03. The van der Waals surface area contributed by atoms with Gasteiger partial charge in [-0.2, -0.15) is 0 Å². The number of nitrogens with one attached hydrogen (secondary N) is 1. The Kier molecular flexibility index (Phi) is 3.12. The summed E-state index contributed by atoms with van der Waals surface area (Å²) >= 11 is 5.90. The molecule has 1 amide bonds. The highest BCUT2D eigenvalue weighted by Crippen LogP contribution is 2.14. The Balaban J connectivity index is 1.91. The summed E-state index contributed by atoms with van der Waals surface area (Å²) in [7, 11) is 0. The van der Waals surface area contributed by atoms with Crippen LogP contribution in [-0.2, 0) is 0 Å². The van der Waals surface area contributed by atoms with Crippen molar-refractivity contribution in [3.8, 4) is 0 Å². The molecule has 3 rings (SSSR count). The number of hydrogen-bond acceptors (Lipinski definition) is 3. The Bertz CT molecular complexity index is 797. The number of pyridine rings is 2. The molecule has 0 aliphatic rings. The normalized spacial score (nSPS) is 10.7. The van der Waals surface area contributed by atoms with Crippen LogP contribution in [0.15, 0.2) is 42.9 Å². The van der Waals surface area contributed by atoms with Crippen molar-refractivity contribution in [2.24, 2.45) is 0 Å². The average molecular weight is 287 g/mol. The number of carbonyl (C=O) groups is 1. The van der Waals surface area contributed by atoms with Crippen molar-refractivity contribution in [2.75, 3.05) is 5.32 Å². The van der Waals surface area contributed by atoms with Gasteiger partial charge in [-0.15, -0.1) is 0 Å². The minimum atomic E-state index is -0.299. The summed E-state index contributed by atoms with van der Waals surface area (Å²) in [6, 6.07) is 7.18. The average Bonchev–Trinajstić information content (AvgIpc) is 2.84. The first-order chi connectivity index (χ1) is 9.63. The van der Waals surface area contributed by atoms with E-state index in [0.717, 1.165) is 5.56 Å². The standard InChI is InChI=1S/C14H11ClN4O/c1-9-3-2-6-16-13(9)18-14(20)11-8-19-7-10(15)4-5-12(19)17-11/h2-8H,1H3,(H,16,18,20). The van der Waals surface area contributed by atoms with Crippen LogP contribution in [-0.4, -0.2) is 20.3 Å². The number of fused-ring (bicyclic) bond motifs is 1. The highest BCUT2D eigenvalue weighted by molar-refractivity contribution is 6.30. The van der Waals surface area contributed by atoms with Crippen molar-refractivity contribution in [1.82, 2.24) is 14.4 Å². The van der Waals surface area contributed by atoms with E-state index in [9.17, 15) is 4.79 Å². The van der Waals surface area contributed by atoms with Gasteiger partial charge in [0.2, 0.25) is 0 Å². The Morgan fingerprint density at radius 3 is 2.95 bits per heavy atom. The lowest BCUT2D eigenvalue weighted by Gasteiger charge is -2.04. The van der Waals surface area contributed by atoms with Crippen LogP contribution in [0.2, 0.25) is 5.02 Å². The summed E-state index contributed by atoms with van der Waals surface area (Å²) in [5.74, 6) is 0.235. The van der Waals surface area contributed by atoms with Crippen LogP contribution < -0.4 is 5.32 Å². The molecule has 0 radical (unpaired) electrons. The number of amides is 1. The zero-order chi connectivity index (χ0) is 14.1. The molecule has 5 nitrogen and oxygen atoms in total. The van der Waals surface area contributed by atoms with Gasteiger partial charge in [0.25, 0.3) is 5.91 Å². The van der Waals surface area contributed by atoms with Gasteiger partial charge in [0.15, 0.2) is 0 Å². The molecule has 6 heteroatoms. The largest absolute Gasteiger partial charge is 0.305 e.